The average molecular weight is 390 g/mol. The van der Waals surface area contributed by atoms with Crippen LogP contribution in [0.3, 0.4) is 0 Å². The summed E-state index contributed by atoms with van der Waals surface area (Å²) in [6.45, 7) is -0.710. The summed E-state index contributed by atoms with van der Waals surface area (Å²) < 4.78 is 34.4. The zero-order chi connectivity index (χ0) is 20.7. The maximum absolute atomic E-state index is 12.5. The van der Waals surface area contributed by atoms with E-state index in [-0.39, 0.29) is 17.4 Å². The second-order valence-electron chi connectivity index (χ2n) is 6.26. The summed E-state index contributed by atoms with van der Waals surface area (Å²) in [7, 11) is 3.22. The molecule has 0 aromatic heterocycles. The van der Waals surface area contributed by atoms with Crippen LogP contribution in [-0.4, -0.2) is 32.7 Å². The van der Waals surface area contributed by atoms with Crippen molar-refractivity contribution in [1.29, 1.82) is 5.26 Å². The van der Waals surface area contributed by atoms with E-state index < -0.39 is 12.7 Å². The number of halogens is 2. The number of nitriles is 1. The third kappa shape index (κ3) is 5.41. The Balaban J connectivity index is 2.06. The highest BCUT2D eigenvalue weighted by Gasteiger charge is 2.23. The summed E-state index contributed by atoms with van der Waals surface area (Å²) in [5.74, 6) is -0.0757. The normalized spacial score (nSPS) is 12.8. The Hall–Kier alpha value is -3.18. The van der Waals surface area contributed by atoms with Gasteiger partial charge in [-0.2, -0.15) is 14.0 Å². The molecule has 0 aliphatic heterocycles. The highest BCUT2D eigenvalue weighted by molar-refractivity contribution is 5.94. The molecule has 6 nitrogen and oxygen atoms in total. The van der Waals surface area contributed by atoms with Gasteiger partial charge in [0.15, 0.2) is 17.5 Å². The summed E-state index contributed by atoms with van der Waals surface area (Å²) in [6.07, 6.45) is 0. The van der Waals surface area contributed by atoms with Gasteiger partial charge in [0.2, 0.25) is 0 Å². The van der Waals surface area contributed by atoms with Crippen molar-refractivity contribution in [2.45, 2.75) is 26.1 Å². The number of hydrogen-bond acceptors (Lipinski definition) is 4. The highest BCUT2D eigenvalue weighted by Crippen LogP contribution is 2.29. The summed E-state index contributed by atoms with van der Waals surface area (Å²) in [5.41, 5.74) is 1.65. The first-order chi connectivity index (χ1) is 13.3. The molecule has 0 saturated heterocycles. The van der Waals surface area contributed by atoms with Gasteiger partial charge in [0.1, 0.15) is 12.6 Å². The van der Waals surface area contributed by atoms with Crippen LogP contribution in [0.15, 0.2) is 42.5 Å². The Morgan fingerprint density at radius 3 is 2.61 bits per heavy atom. The van der Waals surface area contributed by atoms with Crippen LogP contribution in [0.2, 0.25) is 0 Å². The van der Waals surface area contributed by atoms with Gasteiger partial charge in [-0.05, 0) is 37.3 Å². The van der Waals surface area contributed by atoms with E-state index >= 15 is 0 Å². The minimum absolute atomic E-state index is 0.0437. The quantitative estimate of drug-likeness (QED) is 0.725. The number of methoxy groups -OCH3 is 1. The Labute approximate surface area is 162 Å². The molecule has 2 N–H and O–H groups in total. The first-order valence-electron chi connectivity index (χ1n) is 8.59. The predicted molar refractivity (Wildman–Crippen MR) is 99.5 cm³/mol. The monoisotopic (exact) mass is 390 g/mol. The SMILES string of the molecule is COc1cc(C[NH+](C)[C@H](C)C(=O)Nc2ccccc2C#N)ccc1OC(F)F. The van der Waals surface area contributed by atoms with Gasteiger partial charge >= 0.3 is 6.61 Å². The lowest BCUT2D eigenvalue weighted by atomic mass is 10.1. The van der Waals surface area contributed by atoms with Crippen LogP contribution >= 0.6 is 0 Å². The molecule has 0 spiro atoms. The van der Waals surface area contributed by atoms with Crippen LogP contribution in [0.1, 0.15) is 18.1 Å². The summed E-state index contributed by atoms with van der Waals surface area (Å²) >= 11 is 0. The van der Waals surface area contributed by atoms with E-state index in [4.69, 9.17) is 10.00 Å². The first kappa shape index (κ1) is 21.1. The third-order valence-corrected chi connectivity index (χ3v) is 4.36. The number of carbonyl (C=O) groups is 1. The molecule has 2 atom stereocenters. The summed E-state index contributed by atoms with van der Waals surface area (Å²) in [5, 5.41) is 11.9. The lowest BCUT2D eigenvalue weighted by Crippen LogP contribution is -3.12. The van der Waals surface area contributed by atoms with E-state index in [2.05, 4.69) is 10.1 Å². The number of amides is 1. The largest absolute Gasteiger partial charge is 0.493 e. The topological polar surface area (TPSA) is 75.8 Å². The van der Waals surface area contributed by atoms with Gasteiger partial charge in [-0.25, -0.2) is 0 Å². The lowest BCUT2D eigenvalue weighted by Gasteiger charge is -2.22. The van der Waals surface area contributed by atoms with Gasteiger partial charge < -0.3 is 19.7 Å². The van der Waals surface area contributed by atoms with Crippen LogP contribution in [0.5, 0.6) is 11.5 Å². The Kier molecular flexibility index (Phi) is 7.29. The molecule has 2 rings (SSSR count). The van der Waals surface area contributed by atoms with Crippen molar-refractivity contribution in [2.24, 2.45) is 0 Å². The fourth-order valence-electron chi connectivity index (χ4n) is 2.64. The van der Waals surface area contributed by atoms with E-state index in [1.165, 1.54) is 13.2 Å². The maximum atomic E-state index is 12.5. The number of ether oxygens (including phenoxy) is 2. The number of nitrogens with zero attached hydrogens (tertiary/aromatic N) is 1. The molecule has 148 valence electrons. The van der Waals surface area contributed by atoms with Crippen LogP contribution in [-0.2, 0) is 11.3 Å². The Morgan fingerprint density at radius 1 is 1.25 bits per heavy atom. The first-order valence-corrected chi connectivity index (χ1v) is 8.59. The van der Waals surface area contributed by atoms with E-state index in [0.29, 0.717) is 17.8 Å². The number of anilines is 1. The number of hydrogen-bond donors (Lipinski definition) is 2. The number of carbonyl (C=O) groups excluding carboxylic acids is 1. The van der Waals surface area contributed by atoms with E-state index in [9.17, 15) is 13.6 Å². The number of rotatable bonds is 8. The van der Waals surface area contributed by atoms with Gasteiger partial charge in [0.05, 0.1) is 25.4 Å². The standard InChI is InChI=1S/C20H21F2N3O3/c1-13(19(26)24-16-7-5-4-6-15(16)11-23)25(2)12-14-8-9-17(28-20(21)22)18(10-14)27-3/h4-10,13,20H,12H2,1-3H3,(H,24,26)/p+1/t13-/m1/s1. The summed E-state index contributed by atoms with van der Waals surface area (Å²) in [6, 6.07) is 13.1. The molecule has 0 aliphatic rings. The van der Waals surface area contributed by atoms with Crippen LogP contribution in [0.25, 0.3) is 0 Å². The molecule has 28 heavy (non-hydrogen) atoms. The lowest BCUT2D eigenvalue weighted by molar-refractivity contribution is -0.907. The molecule has 2 aromatic rings. The number of quaternary nitrogens is 1. The second-order valence-corrected chi connectivity index (χ2v) is 6.26. The van der Waals surface area contributed by atoms with Gasteiger partial charge in [0.25, 0.3) is 5.91 Å². The molecule has 2 aromatic carbocycles. The highest BCUT2D eigenvalue weighted by atomic mass is 19.3. The molecule has 1 amide bonds. The van der Waals surface area contributed by atoms with Gasteiger partial charge in [0, 0.05) is 5.56 Å². The van der Waals surface area contributed by atoms with Crippen molar-refractivity contribution >= 4 is 11.6 Å². The Morgan fingerprint density at radius 2 is 1.96 bits per heavy atom. The molecule has 0 heterocycles. The molecule has 1 unspecified atom stereocenters. The molecule has 0 fully saturated rings. The smallest absolute Gasteiger partial charge is 0.387 e. The van der Waals surface area contributed by atoms with Crippen molar-refractivity contribution in [2.75, 3.05) is 19.5 Å². The van der Waals surface area contributed by atoms with Crippen molar-refractivity contribution in [3.8, 4) is 17.6 Å². The summed E-state index contributed by atoms with van der Waals surface area (Å²) in [4.78, 5) is 13.4. The fourth-order valence-corrected chi connectivity index (χ4v) is 2.64. The van der Waals surface area contributed by atoms with E-state index in [0.717, 1.165) is 10.5 Å². The van der Waals surface area contributed by atoms with Gasteiger partial charge in [-0.3, -0.25) is 4.79 Å². The van der Waals surface area contributed by atoms with Crippen LogP contribution in [0, 0.1) is 11.3 Å². The number of para-hydroxylation sites is 1. The Bertz CT molecular complexity index is 868. The van der Waals surface area contributed by atoms with Crippen LogP contribution < -0.4 is 19.7 Å². The minimum Gasteiger partial charge on any atom is -0.493 e. The van der Waals surface area contributed by atoms with Crippen molar-refractivity contribution in [3.05, 3.63) is 53.6 Å². The minimum atomic E-state index is -2.94. The zero-order valence-electron chi connectivity index (χ0n) is 15.8. The number of alkyl halides is 2. The molecular formula is C20H22F2N3O3+. The average Bonchev–Trinajstić information content (AvgIpc) is 2.68. The zero-order valence-corrected chi connectivity index (χ0v) is 15.8. The second kappa shape index (κ2) is 9.67. The molecule has 0 bridgehead atoms. The third-order valence-electron chi connectivity index (χ3n) is 4.36. The van der Waals surface area contributed by atoms with Gasteiger partial charge in [-0.15, -0.1) is 0 Å². The van der Waals surface area contributed by atoms with Gasteiger partial charge in [-0.1, -0.05) is 12.1 Å². The number of likely N-dealkylation sites (N-methyl/N-ethyl adjacent to an activating group) is 1. The van der Waals surface area contributed by atoms with E-state index in [1.54, 1.807) is 43.3 Å². The van der Waals surface area contributed by atoms with Crippen molar-refractivity contribution in [1.82, 2.24) is 0 Å². The number of benzene rings is 2. The molecular weight excluding hydrogens is 368 g/mol. The van der Waals surface area contributed by atoms with Crippen molar-refractivity contribution in [3.63, 3.8) is 0 Å². The fraction of sp³-hybridized carbons (Fsp3) is 0.300. The van der Waals surface area contributed by atoms with Crippen molar-refractivity contribution < 1.29 is 27.9 Å². The maximum Gasteiger partial charge on any atom is 0.387 e. The molecule has 0 saturated carbocycles. The molecule has 0 radical (unpaired) electrons. The number of nitrogens with one attached hydrogen (secondary N) is 2. The van der Waals surface area contributed by atoms with Crippen LogP contribution in [0.4, 0.5) is 14.5 Å². The molecule has 0 aliphatic carbocycles. The predicted octanol–water partition coefficient (Wildman–Crippen LogP) is 2.21. The van der Waals surface area contributed by atoms with E-state index in [1.807, 2.05) is 13.1 Å². The molecule has 8 heteroatoms.